The van der Waals surface area contributed by atoms with Gasteiger partial charge >= 0.3 is 0 Å². The van der Waals surface area contributed by atoms with Crippen LogP contribution in [-0.2, 0) is 29.0 Å². The van der Waals surface area contributed by atoms with Gasteiger partial charge in [-0.1, -0.05) is 18.5 Å². The van der Waals surface area contributed by atoms with E-state index in [-0.39, 0.29) is 5.60 Å². The highest BCUT2D eigenvalue weighted by Gasteiger charge is 2.34. The molecule has 1 aromatic heterocycles. The number of aromatic nitrogens is 2. The third kappa shape index (κ3) is 3.17. The number of rotatable bonds is 7. The van der Waals surface area contributed by atoms with Crippen molar-refractivity contribution in [3.05, 3.63) is 16.4 Å². The predicted molar refractivity (Wildman–Crippen MR) is 79.2 cm³/mol. The summed E-state index contributed by atoms with van der Waals surface area (Å²) >= 11 is 6.39. The van der Waals surface area contributed by atoms with Gasteiger partial charge in [0, 0.05) is 39.8 Å². The minimum Gasteiger partial charge on any atom is -0.378 e. The van der Waals surface area contributed by atoms with Crippen LogP contribution in [0.3, 0.4) is 0 Å². The second-order valence-electron chi connectivity index (χ2n) is 5.17. The number of halogens is 1. The Bertz CT molecular complexity index is 442. The topological polar surface area (TPSA) is 48.3 Å². The van der Waals surface area contributed by atoms with Crippen LogP contribution in [0, 0.1) is 0 Å². The van der Waals surface area contributed by atoms with Gasteiger partial charge in [-0.2, -0.15) is 5.10 Å². The van der Waals surface area contributed by atoms with Crippen molar-refractivity contribution in [3.8, 4) is 0 Å². The standard InChI is InChI=1S/C14H24ClN3O2/c1-4-11-13(15)12(18(5-2)17-11)8-16-9-14(19-3)6-7-20-10-14/h16H,4-10H2,1-3H3. The van der Waals surface area contributed by atoms with Crippen molar-refractivity contribution in [1.29, 1.82) is 0 Å². The Kier molecular flexibility index (Phi) is 5.43. The van der Waals surface area contributed by atoms with Crippen LogP contribution in [0.25, 0.3) is 0 Å². The van der Waals surface area contributed by atoms with E-state index in [9.17, 15) is 0 Å². The van der Waals surface area contributed by atoms with E-state index in [4.69, 9.17) is 21.1 Å². The second kappa shape index (κ2) is 6.89. The first-order chi connectivity index (χ1) is 9.65. The molecule has 1 saturated heterocycles. The van der Waals surface area contributed by atoms with Gasteiger partial charge in [0.15, 0.2) is 0 Å². The summed E-state index contributed by atoms with van der Waals surface area (Å²) in [6.07, 6.45) is 1.78. The molecule has 1 fully saturated rings. The maximum Gasteiger partial charge on any atom is 0.106 e. The lowest BCUT2D eigenvalue weighted by Gasteiger charge is -2.26. The van der Waals surface area contributed by atoms with Gasteiger partial charge in [0.2, 0.25) is 0 Å². The molecule has 114 valence electrons. The monoisotopic (exact) mass is 301 g/mol. The first-order valence-electron chi connectivity index (χ1n) is 7.23. The van der Waals surface area contributed by atoms with E-state index in [0.717, 1.165) is 48.9 Å². The summed E-state index contributed by atoms with van der Waals surface area (Å²) in [5.74, 6) is 0. The highest BCUT2D eigenvalue weighted by Crippen LogP contribution is 2.23. The Morgan fingerprint density at radius 2 is 2.30 bits per heavy atom. The van der Waals surface area contributed by atoms with Gasteiger partial charge in [0.1, 0.15) is 5.60 Å². The number of hydrogen-bond acceptors (Lipinski definition) is 4. The molecule has 1 aliphatic heterocycles. The van der Waals surface area contributed by atoms with Crippen LogP contribution >= 0.6 is 11.6 Å². The Balaban J connectivity index is 1.98. The number of nitrogens with one attached hydrogen (secondary N) is 1. The molecule has 2 rings (SSSR count). The maximum atomic E-state index is 6.39. The summed E-state index contributed by atoms with van der Waals surface area (Å²) in [5.41, 5.74) is 1.82. The van der Waals surface area contributed by atoms with E-state index < -0.39 is 0 Å². The molecular weight excluding hydrogens is 278 g/mol. The van der Waals surface area contributed by atoms with Gasteiger partial charge < -0.3 is 14.8 Å². The highest BCUT2D eigenvalue weighted by atomic mass is 35.5. The summed E-state index contributed by atoms with van der Waals surface area (Å²) in [6, 6.07) is 0. The fourth-order valence-corrected chi connectivity index (χ4v) is 2.89. The van der Waals surface area contributed by atoms with Gasteiger partial charge in [-0.05, 0) is 13.3 Å². The molecule has 5 nitrogen and oxygen atoms in total. The summed E-state index contributed by atoms with van der Waals surface area (Å²) < 4.78 is 13.0. The lowest BCUT2D eigenvalue weighted by molar-refractivity contribution is -0.0160. The molecule has 0 radical (unpaired) electrons. The Morgan fingerprint density at radius 3 is 2.85 bits per heavy atom. The molecule has 1 atom stereocenters. The smallest absolute Gasteiger partial charge is 0.106 e. The molecule has 0 aliphatic carbocycles. The SMILES string of the molecule is CCc1nn(CC)c(CNCC2(OC)CCOC2)c1Cl. The van der Waals surface area contributed by atoms with Crippen LogP contribution in [0.2, 0.25) is 5.02 Å². The summed E-state index contributed by atoms with van der Waals surface area (Å²) in [7, 11) is 1.74. The van der Waals surface area contributed by atoms with Crippen LogP contribution in [0.15, 0.2) is 0 Å². The van der Waals surface area contributed by atoms with Gasteiger partial charge in [0.25, 0.3) is 0 Å². The van der Waals surface area contributed by atoms with E-state index in [2.05, 4.69) is 24.3 Å². The molecule has 1 N–H and O–H groups in total. The Labute approximate surface area is 125 Å². The third-order valence-electron chi connectivity index (χ3n) is 3.93. The number of hydrogen-bond donors (Lipinski definition) is 1. The first-order valence-corrected chi connectivity index (χ1v) is 7.61. The van der Waals surface area contributed by atoms with E-state index in [1.807, 2.05) is 4.68 Å². The van der Waals surface area contributed by atoms with Crippen LogP contribution in [0.1, 0.15) is 31.7 Å². The average Bonchev–Trinajstić information content (AvgIpc) is 3.05. The number of ether oxygens (including phenoxy) is 2. The predicted octanol–water partition coefficient (Wildman–Crippen LogP) is 2.01. The molecule has 20 heavy (non-hydrogen) atoms. The Morgan fingerprint density at radius 1 is 1.50 bits per heavy atom. The van der Waals surface area contributed by atoms with Crippen LogP contribution < -0.4 is 5.32 Å². The minimum atomic E-state index is -0.197. The molecule has 6 heteroatoms. The van der Waals surface area contributed by atoms with Crippen molar-refractivity contribution in [2.24, 2.45) is 0 Å². The molecule has 1 aliphatic rings. The fourth-order valence-electron chi connectivity index (χ4n) is 2.56. The first kappa shape index (κ1) is 15.8. The molecular formula is C14H24ClN3O2. The van der Waals surface area contributed by atoms with E-state index in [1.165, 1.54) is 0 Å². The third-order valence-corrected chi connectivity index (χ3v) is 4.37. The zero-order valence-electron chi connectivity index (χ0n) is 12.5. The molecule has 0 bridgehead atoms. The van der Waals surface area contributed by atoms with Crippen molar-refractivity contribution < 1.29 is 9.47 Å². The molecule has 0 aromatic carbocycles. The zero-order chi connectivity index (χ0) is 14.6. The Hall–Kier alpha value is -0.620. The lowest BCUT2D eigenvalue weighted by Crippen LogP contribution is -2.42. The highest BCUT2D eigenvalue weighted by molar-refractivity contribution is 6.31. The van der Waals surface area contributed by atoms with Crippen molar-refractivity contribution >= 4 is 11.6 Å². The van der Waals surface area contributed by atoms with Crippen LogP contribution in [0.4, 0.5) is 0 Å². The molecule has 1 aromatic rings. The van der Waals surface area contributed by atoms with Crippen LogP contribution in [-0.4, -0.2) is 42.2 Å². The van der Waals surface area contributed by atoms with Crippen LogP contribution in [0.5, 0.6) is 0 Å². The molecule has 0 spiro atoms. The number of nitrogens with zero attached hydrogens (tertiary/aromatic N) is 2. The molecule has 0 saturated carbocycles. The van der Waals surface area contributed by atoms with Gasteiger partial charge in [-0.15, -0.1) is 0 Å². The van der Waals surface area contributed by atoms with Gasteiger partial charge in [0.05, 0.1) is 23.0 Å². The average molecular weight is 302 g/mol. The number of aryl methyl sites for hydroxylation is 2. The van der Waals surface area contributed by atoms with Crippen molar-refractivity contribution in [1.82, 2.24) is 15.1 Å². The normalized spacial score (nSPS) is 22.6. The lowest BCUT2D eigenvalue weighted by atomic mass is 10.0. The van der Waals surface area contributed by atoms with E-state index in [1.54, 1.807) is 7.11 Å². The number of methoxy groups -OCH3 is 1. The molecule has 0 amide bonds. The summed E-state index contributed by atoms with van der Waals surface area (Å²) in [6.45, 7) is 7.85. The van der Waals surface area contributed by atoms with Crippen molar-refractivity contribution in [2.45, 2.75) is 45.4 Å². The largest absolute Gasteiger partial charge is 0.378 e. The minimum absolute atomic E-state index is 0.197. The summed E-state index contributed by atoms with van der Waals surface area (Å²) in [5, 5.41) is 8.75. The van der Waals surface area contributed by atoms with Gasteiger partial charge in [-0.25, -0.2) is 0 Å². The van der Waals surface area contributed by atoms with E-state index >= 15 is 0 Å². The second-order valence-corrected chi connectivity index (χ2v) is 5.55. The van der Waals surface area contributed by atoms with Crippen molar-refractivity contribution in [2.75, 3.05) is 26.9 Å². The summed E-state index contributed by atoms with van der Waals surface area (Å²) in [4.78, 5) is 0. The van der Waals surface area contributed by atoms with Gasteiger partial charge in [-0.3, -0.25) is 4.68 Å². The van der Waals surface area contributed by atoms with Crippen molar-refractivity contribution in [3.63, 3.8) is 0 Å². The van der Waals surface area contributed by atoms with E-state index in [0.29, 0.717) is 13.2 Å². The fraction of sp³-hybridized carbons (Fsp3) is 0.786. The quantitative estimate of drug-likeness (QED) is 0.837. The molecule has 1 unspecified atom stereocenters. The maximum absolute atomic E-state index is 6.39. The zero-order valence-corrected chi connectivity index (χ0v) is 13.3. The molecule has 2 heterocycles.